The number of carbonyl (C=O) groups excluding carboxylic acids is 1. The zero-order chi connectivity index (χ0) is 21.4. The topological polar surface area (TPSA) is 87.1 Å². The lowest BCUT2D eigenvalue weighted by molar-refractivity contribution is 0.0958. The summed E-state index contributed by atoms with van der Waals surface area (Å²) >= 11 is 0. The van der Waals surface area contributed by atoms with Gasteiger partial charge in [-0.3, -0.25) is 19.5 Å². The molecule has 1 atom stereocenters. The molecule has 9 heteroatoms. The predicted molar refractivity (Wildman–Crippen MR) is 112 cm³/mol. The van der Waals surface area contributed by atoms with Crippen LogP contribution in [0.2, 0.25) is 0 Å². The van der Waals surface area contributed by atoms with Crippen LogP contribution in [0.1, 0.15) is 22.2 Å². The predicted octanol–water partition coefficient (Wildman–Crippen LogP) is 2.20. The molecule has 0 bridgehead atoms. The smallest absolute Gasteiger partial charge is 0.274 e. The van der Waals surface area contributed by atoms with Crippen LogP contribution in [0.15, 0.2) is 78.5 Å². The molecule has 2 aliphatic heterocycles. The highest BCUT2D eigenvalue weighted by Crippen LogP contribution is 2.24. The number of pyridine rings is 1. The van der Waals surface area contributed by atoms with E-state index in [0.29, 0.717) is 29.2 Å². The fourth-order valence-corrected chi connectivity index (χ4v) is 3.68. The van der Waals surface area contributed by atoms with Crippen molar-refractivity contribution in [2.24, 2.45) is 7.05 Å². The maximum absolute atomic E-state index is 13.6. The molecule has 31 heavy (non-hydrogen) atoms. The molecule has 3 aromatic rings. The number of allylic oxidation sites excluding steroid dienone is 1. The normalized spacial score (nSPS) is 17.5. The largest absolute Gasteiger partial charge is 0.350 e. The molecule has 1 fully saturated rings. The summed E-state index contributed by atoms with van der Waals surface area (Å²) in [5, 5.41) is 12.5. The Balaban J connectivity index is 1.34. The third-order valence-electron chi connectivity index (χ3n) is 5.20. The van der Waals surface area contributed by atoms with Crippen LogP contribution in [-0.4, -0.2) is 32.2 Å². The molecule has 5 rings (SSSR count). The molecule has 0 radical (unpaired) electrons. The fourth-order valence-electron chi connectivity index (χ4n) is 3.68. The third kappa shape index (κ3) is 3.66. The van der Waals surface area contributed by atoms with Gasteiger partial charge in [-0.25, -0.2) is 9.82 Å². The number of aromatic nitrogens is 3. The lowest BCUT2D eigenvalue weighted by Crippen LogP contribution is -2.35. The number of hydrogen-bond donors (Lipinski definition) is 3. The van der Waals surface area contributed by atoms with Crippen molar-refractivity contribution in [3.8, 4) is 11.3 Å². The second-order valence-corrected chi connectivity index (χ2v) is 7.26. The summed E-state index contributed by atoms with van der Waals surface area (Å²) < 4.78 is 15.1. The summed E-state index contributed by atoms with van der Waals surface area (Å²) in [5.41, 5.74) is 6.30. The molecular weight excluding hydrogens is 397 g/mol. The van der Waals surface area contributed by atoms with E-state index < -0.39 is 5.82 Å². The number of rotatable bonds is 4. The summed E-state index contributed by atoms with van der Waals surface area (Å²) in [5.74, 6) is 0.0969. The Hall–Kier alpha value is -3.98. The van der Waals surface area contributed by atoms with E-state index in [9.17, 15) is 9.18 Å². The Bertz CT molecular complexity index is 1200. The SMILES string of the molecule is Cn1ncc(-c2cc(F)ccn2)c1C(=O)NC1=CCN2NC(c3ccccc3)NC2=C1. The van der Waals surface area contributed by atoms with E-state index in [1.165, 1.54) is 29.2 Å². The highest BCUT2D eigenvalue weighted by molar-refractivity contribution is 5.99. The molecule has 0 saturated carbocycles. The zero-order valence-electron chi connectivity index (χ0n) is 16.7. The number of nitrogens with zero attached hydrogens (tertiary/aromatic N) is 4. The molecule has 1 amide bonds. The number of carbonyl (C=O) groups is 1. The second-order valence-electron chi connectivity index (χ2n) is 7.26. The number of benzene rings is 1. The van der Waals surface area contributed by atoms with Crippen LogP contribution in [0.4, 0.5) is 4.39 Å². The number of hydrogen-bond acceptors (Lipinski definition) is 6. The number of fused-ring (bicyclic) bond motifs is 1. The van der Waals surface area contributed by atoms with Gasteiger partial charge < -0.3 is 10.6 Å². The van der Waals surface area contributed by atoms with Crippen molar-refractivity contribution in [3.05, 3.63) is 95.6 Å². The highest BCUT2D eigenvalue weighted by Gasteiger charge is 2.28. The summed E-state index contributed by atoms with van der Waals surface area (Å²) in [4.78, 5) is 17.2. The van der Waals surface area contributed by atoms with E-state index in [1.807, 2.05) is 47.5 Å². The van der Waals surface area contributed by atoms with Crippen molar-refractivity contribution in [1.82, 2.24) is 35.8 Å². The van der Waals surface area contributed by atoms with Crippen LogP contribution in [0.3, 0.4) is 0 Å². The minimum Gasteiger partial charge on any atom is -0.350 e. The average Bonchev–Trinajstić information content (AvgIpc) is 3.37. The third-order valence-corrected chi connectivity index (χ3v) is 5.20. The van der Waals surface area contributed by atoms with Crippen molar-refractivity contribution in [3.63, 3.8) is 0 Å². The summed E-state index contributed by atoms with van der Waals surface area (Å²) in [6.45, 7) is 0.585. The Morgan fingerprint density at radius 3 is 2.90 bits per heavy atom. The van der Waals surface area contributed by atoms with Gasteiger partial charge in [-0.05, 0) is 17.7 Å². The molecule has 0 aliphatic carbocycles. The van der Waals surface area contributed by atoms with Gasteiger partial charge in [0.15, 0.2) is 0 Å². The van der Waals surface area contributed by atoms with Crippen LogP contribution in [0.25, 0.3) is 11.3 Å². The molecule has 156 valence electrons. The molecule has 1 saturated heterocycles. The Morgan fingerprint density at radius 1 is 1.26 bits per heavy atom. The Morgan fingerprint density at radius 2 is 2.10 bits per heavy atom. The van der Waals surface area contributed by atoms with Gasteiger partial charge in [0, 0.05) is 31.1 Å². The van der Waals surface area contributed by atoms with Crippen molar-refractivity contribution in [1.29, 1.82) is 0 Å². The second kappa shape index (κ2) is 7.69. The first-order chi connectivity index (χ1) is 15.1. The molecule has 8 nitrogen and oxygen atoms in total. The van der Waals surface area contributed by atoms with Crippen molar-refractivity contribution in [2.45, 2.75) is 6.17 Å². The average molecular weight is 417 g/mol. The van der Waals surface area contributed by atoms with E-state index in [0.717, 1.165) is 11.4 Å². The summed E-state index contributed by atoms with van der Waals surface area (Å²) in [6, 6.07) is 12.6. The van der Waals surface area contributed by atoms with Crippen LogP contribution in [0, 0.1) is 5.82 Å². The number of aryl methyl sites for hydroxylation is 1. The summed E-state index contributed by atoms with van der Waals surface area (Å²) in [7, 11) is 1.67. The quantitative estimate of drug-likeness (QED) is 0.603. The van der Waals surface area contributed by atoms with Gasteiger partial charge in [-0.2, -0.15) is 5.10 Å². The van der Waals surface area contributed by atoms with E-state index in [4.69, 9.17) is 0 Å². The first-order valence-corrected chi connectivity index (χ1v) is 9.81. The highest BCUT2D eigenvalue weighted by atomic mass is 19.1. The standard InChI is InChI=1S/C22H20FN7O/c1-29-20(17(13-25-29)18-11-15(23)7-9-24-18)22(31)26-16-8-10-30-19(12-16)27-21(28-30)14-5-3-2-4-6-14/h2-9,11-13,21,27-28H,10H2,1H3,(H,26,31). The van der Waals surface area contributed by atoms with E-state index in [2.05, 4.69) is 26.1 Å². The van der Waals surface area contributed by atoms with E-state index in [1.54, 1.807) is 7.05 Å². The molecule has 2 aromatic heterocycles. The molecule has 2 aliphatic rings. The van der Waals surface area contributed by atoms with Gasteiger partial charge in [-0.15, -0.1) is 0 Å². The maximum Gasteiger partial charge on any atom is 0.274 e. The number of hydrazine groups is 1. The Kier molecular flexibility index (Phi) is 4.72. The number of amides is 1. The molecule has 0 spiro atoms. The van der Waals surface area contributed by atoms with E-state index >= 15 is 0 Å². The summed E-state index contributed by atoms with van der Waals surface area (Å²) in [6.07, 6.45) is 6.62. The minimum atomic E-state index is -0.423. The van der Waals surface area contributed by atoms with Crippen LogP contribution in [-0.2, 0) is 7.05 Å². The van der Waals surface area contributed by atoms with Gasteiger partial charge in [0.1, 0.15) is 23.5 Å². The van der Waals surface area contributed by atoms with Crippen LogP contribution >= 0.6 is 0 Å². The minimum absolute atomic E-state index is 0.0429. The zero-order valence-corrected chi connectivity index (χ0v) is 16.7. The number of halogens is 1. The van der Waals surface area contributed by atoms with Crippen LogP contribution in [0.5, 0.6) is 0 Å². The van der Waals surface area contributed by atoms with Crippen LogP contribution < -0.4 is 16.1 Å². The monoisotopic (exact) mass is 417 g/mol. The number of nitrogens with one attached hydrogen (secondary N) is 3. The molecule has 1 unspecified atom stereocenters. The maximum atomic E-state index is 13.6. The van der Waals surface area contributed by atoms with Gasteiger partial charge >= 0.3 is 0 Å². The lowest BCUT2D eigenvalue weighted by Gasteiger charge is -2.22. The van der Waals surface area contributed by atoms with Gasteiger partial charge in [0.25, 0.3) is 5.91 Å². The van der Waals surface area contributed by atoms with Gasteiger partial charge in [-0.1, -0.05) is 30.3 Å². The van der Waals surface area contributed by atoms with Crippen molar-refractivity contribution >= 4 is 5.91 Å². The van der Waals surface area contributed by atoms with Gasteiger partial charge in [0.05, 0.1) is 24.0 Å². The first kappa shape index (κ1) is 19.0. The molecule has 3 N–H and O–H groups in total. The van der Waals surface area contributed by atoms with E-state index in [-0.39, 0.29) is 12.1 Å². The van der Waals surface area contributed by atoms with Crippen molar-refractivity contribution in [2.75, 3.05) is 6.54 Å². The first-order valence-electron chi connectivity index (χ1n) is 9.81. The fraction of sp³-hybridized carbons (Fsp3) is 0.136. The molecular formula is C22H20FN7O. The van der Waals surface area contributed by atoms with Crippen molar-refractivity contribution < 1.29 is 9.18 Å². The van der Waals surface area contributed by atoms with Gasteiger partial charge in [0.2, 0.25) is 0 Å². The Labute approximate surface area is 178 Å². The lowest BCUT2D eigenvalue weighted by atomic mass is 10.1. The molecule has 4 heterocycles. The molecule has 1 aromatic carbocycles.